The van der Waals surface area contributed by atoms with Crippen molar-refractivity contribution in [2.45, 2.75) is 0 Å². The van der Waals surface area contributed by atoms with Crippen LogP contribution < -0.4 is 14.8 Å². The van der Waals surface area contributed by atoms with Crippen LogP contribution in [0.15, 0.2) is 12.3 Å². The highest BCUT2D eigenvalue weighted by atomic mass is 16.5. The van der Waals surface area contributed by atoms with Gasteiger partial charge in [-0.25, -0.2) is 4.98 Å². The quantitative estimate of drug-likeness (QED) is 0.655. The Labute approximate surface area is 77.1 Å². The highest BCUT2D eigenvalue weighted by Crippen LogP contribution is 2.08. The Kier molecular flexibility index (Phi) is 3.98. The average Bonchev–Trinajstić information content (AvgIpc) is 2.19. The summed E-state index contributed by atoms with van der Waals surface area (Å²) in [5, 5.41) is 2.95. The van der Waals surface area contributed by atoms with E-state index in [1.54, 1.807) is 19.4 Å². The number of nitrogens with one attached hydrogen (secondary N) is 1. The predicted molar refractivity (Wildman–Crippen MR) is 48.0 cm³/mol. The minimum Gasteiger partial charge on any atom is -0.481 e. The molecule has 5 heteroatoms. The Hall–Kier alpha value is -1.36. The third-order valence-electron chi connectivity index (χ3n) is 1.40. The van der Waals surface area contributed by atoms with Crippen LogP contribution in [0.2, 0.25) is 0 Å². The van der Waals surface area contributed by atoms with Gasteiger partial charge in [0.15, 0.2) is 0 Å². The molecular weight excluding hydrogens is 170 g/mol. The molecule has 1 heterocycles. The lowest BCUT2D eigenvalue weighted by molar-refractivity contribution is 0.286. The van der Waals surface area contributed by atoms with Crippen molar-refractivity contribution in [3.05, 3.63) is 12.3 Å². The molecule has 0 bridgehead atoms. The molecule has 0 atom stereocenters. The summed E-state index contributed by atoms with van der Waals surface area (Å²) in [4.78, 5) is 7.90. The van der Waals surface area contributed by atoms with E-state index in [0.717, 1.165) is 6.54 Å². The summed E-state index contributed by atoms with van der Waals surface area (Å²) >= 11 is 0. The van der Waals surface area contributed by atoms with E-state index >= 15 is 0 Å². The zero-order valence-corrected chi connectivity index (χ0v) is 7.78. The van der Waals surface area contributed by atoms with Gasteiger partial charge in [-0.2, -0.15) is 4.98 Å². The van der Waals surface area contributed by atoms with E-state index in [0.29, 0.717) is 18.5 Å². The molecule has 1 rings (SSSR count). The second-order valence-corrected chi connectivity index (χ2v) is 2.33. The number of nitrogens with zero attached hydrogens (tertiary/aromatic N) is 2. The summed E-state index contributed by atoms with van der Waals surface area (Å²) in [6, 6.07) is 2.01. The lowest BCUT2D eigenvalue weighted by atomic mass is 10.6. The zero-order valence-electron chi connectivity index (χ0n) is 7.78. The predicted octanol–water partition coefficient (Wildman–Crippen LogP) is 0.0834. The van der Waals surface area contributed by atoms with Crippen molar-refractivity contribution in [3.8, 4) is 11.9 Å². The Bertz CT molecular complexity index is 255. The summed E-state index contributed by atoms with van der Waals surface area (Å²) in [7, 11) is 3.41. The van der Waals surface area contributed by atoms with Gasteiger partial charge in [0.1, 0.15) is 6.61 Å². The first-order valence-electron chi connectivity index (χ1n) is 4.01. The Morgan fingerprint density at radius 3 is 3.08 bits per heavy atom. The van der Waals surface area contributed by atoms with Crippen LogP contribution in [0.3, 0.4) is 0 Å². The molecule has 0 aliphatic rings. The minimum atomic E-state index is 0.342. The third-order valence-corrected chi connectivity index (χ3v) is 1.40. The van der Waals surface area contributed by atoms with Gasteiger partial charge in [0.25, 0.3) is 0 Å². The molecule has 0 unspecified atom stereocenters. The molecule has 0 aliphatic heterocycles. The summed E-state index contributed by atoms with van der Waals surface area (Å²) in [6.07, 6.45) is 1.60. The molecule has 1 aromatic heterocycles. The molecule has 0 spiro atoms. The van der Waals surface area contributed by atoms with Gasteiger partial charge in [-0.1, -0.05) is 0 Å². The van der Waals surface area contributed by atoms with Crippen LogP contribution >= 0.6 is 0 Å². The van der Waals surface area contributed by atoms with E-state index in [4.69, 9.17) is 9.47 Å². The maximum absolute atomic E-state index is 5.22. The smallest absolute Gasteiger partial charge is 0.319 e. The number of methoxy groups -OCH3 is 1. The van der Waals surface area contributed by atoms with Gasteiger partial charge >= 0.3 is 6.01 Å². The first-order valence-corrected chi connectivity index (χ1v) is 4.01. The average molecular weight is 183 g/mol. The molecular formula is C8H13N3O2. The largest absolute Gasteiger partial charge is 0.481 e. The summed E-state index contributed by atoms with van der Waals surface area (Å²) in [5.41, 5.74) is 0. The van der Waals surface area contributed by atoms with Crippen LogP contribution in [0.25, 0.3) is 0 Å². The normalized spacial score (nSPS) is 9.69. The minimum absolute atomic E-state index is 0.342. The van der Waals surface area contributed by atoms with E-state index in [-0.39, 0.29) is 0 Å². The Morgan fingerprint density at radius 1 is 1.54 bits per heavy atom. The maximum atomic E-state index is 5.22. The fraction of sp³-hybridized carbons (Fsp3) is 0.500. The number of ether oxygens (including phenoxy) is 2. The summed E-state index contributed by atoms with van der Waals surface area (Å²) < 4.78 is 10.1. The number of rotatable bonds is 5. The van der Waals surface area contributed by atoms with Crippen LogP contribution in [0, 0.1) is 0 Å². The van der Waals surface area contributed by atoms with Gasteiger partial charge in [0.2, 0.25) is 5.88 Å². The van der Waals surface area contributed by atoms with Crippen LogP contribution in [0.5, 0.6) is 11.9 Å². The van der Waals surface area contributed by atoms with E-state index in [1.807, 2.05) is 7.05 Å². The number of likely N-dealkylation sites (N-methyl/N-ethyl adjacent to an activating group) is 1. The topological polar surface area (TPSA) is 56.3 Å². The van der Waals surface area contributed by atoms with Crippen molar-refractivity contribution in [1.82, 2.24) is 15.3 Å². The summed E-state index contributed by atoms with van der Waals surface area (Å²) in [5.74, 6) is 0.509. The Balaban J connectivity index is 2.46. The highest BCUT2D eigenvalue weighted by Gasteiger charge is 1.98. The second-order valence-electron chi connectivity index (χ2n) is 2.33. The SMILES string of the molecule is CNCCOc1nccc(OC)n1. The molecule has 1 N–H and O–H groups in total. The second kappa shape index (κ2) is 5.31. The first-order chi connectivity index (χ1) is 6.36. The van der Waals surface area contributed by atoms with Gasteiger partial charge in [0.05, 0.1) is 7.11 Å². The maximum Gasteiger partial charge on any atom is 0.319 e. The molecule has 0 amide bonds. The van der Waals surface area contributed by atoms with Crippen LogP contribution in [0.1, 0.15) is 0 Å². The van der Waals surface area contributed by atoms with Crippen LogP contribution in [-0.4, -0.2) is 37.3 Å². The van der Waals surface area contributed by atoms with E-state index in [1.165, 1.54) is 0 Å². The molecule has 0 fully saturated rings. The van der Waals surface area contributed by atoms with Crippen molar-refractivity contribution >= 4 is 0 Å². The van der Waals surface area contributed by atoms with Crippen molar-refractivity contribution in [1.29, 1.82) is 0 Å². The fourth-order valence-corrected chi connectivity index (χ4v) is 0.753. The van der Waals surface area contributed by atoms with Gasteiger partial charge in [-0.15, -0.1) is 0 Å². The van der Waals surface area contributed by atoms with Crippen molar-refractivity contribution in [2.24, 2.45) is 0 Å². The van der Waals surface area contributed by atoms with Crippen LogP contribution in [-0.2, 0) is 0 Å². The number of hydrogen-bond acceptors (Lipinski definition) is 5. The van der Waals surface area contributed by atoms with Crippen molar-refractivity contribution in [3.63, 3.8) is 0 Å². The van der Waals surface area contributed by atoms with E-state index in [2.05, 4.69) is 15.3 Å². The molecule has 0 saturated carbocycles. The van der Waals surface area contributed by atoms with Crippen molar-refractivity contribution in [2.75, 3.05) is 27.3 Å². The molecule has 5 nitrogen and oxygen atoms in total. The molecule has 1 aromatic rings. The van der Waals surface area contributed by atoms with Gasteiger partial charge in [-0.3, -0.25) is 0 Å². The summed E-state index contributed by atoms with van der Waals surface area (Å²) in [6.45, 7) is 1.31. The molecule has 0 aliphatic carbocycles. The Morgan fingerprint density at radius 2 is 2.38 bits per heavy atom. The van der Waals surface area contributed by atoms with Gasteiger partial charge in [0, 0.05) is 18.8 Å². The molecule has 0 aromatic carbocycles. The first kappa shape index (κ1) is 9.73. The number of hydrogen-bond donors (Lipinski definition) is 1. The lowest BCUT2D eigenvalue weighted by Gasteiger charge is -2.04. The zero-order chi connectivity index (χ0) is 9.52. The van der Waals surface area contributed by atoms with E-state index < -0.39 is 0 Å². The molecule has 0 radical (unpaired) electrons. The standard InChI is InChI=1S/C8H13N3O2/c1-9-5-6-13-8-10-4-3-7(11-8)12-2/h3-4,9H,5-6H2,1-2H3. The van der Waals surface area contributed by atoms with Crippen LogP contribution in [0.4, 0.5) is 0 Å². The molecule has 0 saturated heterocycles. The lowest BCUT2D eigenvalue weighted by Crippen LogP contribution is -2.16. The third kappa shape index (κ3) is 3.25. The van der Waals surface area contributed by atoms with Gasteiger partial charge in [-0.05, 0) is 7.05 Å². The molecule has 13 heavy (non-hydrogen) atoms. The number of aromatic nitrogens is 2. The highest BCUT2D eigenvalue weighted by molar-refractivity contribution is 5.10. The monoisotopic (exact) mass is 183 g/mol. The molecule has 72 valence electrons. The van der Waals surface area contributed by atoms with Gasteiger partial charge < -0.3 is 14.8 Å². The fourth-order valence-electron chi connectivity index (χ4n) is 0.753. The van der Waals surface area contributed by atoms with Crippen molar-refractivity contribution < 1.29 is 9.47 Å². The van der Waals surface area contributed by atoms with E-state index in [9.17, 15) is 0 Å².